The van der Waals surface area contributed by atoms with Gasteiger partial charge in [0.1, 0.15) is 5.84 Å². The minimum absolute atomic E-state index is 0.000856. The van der Waals surface area contributed by atoms with Crippen LogP contribution in [0.4, 0.5) is 5.69 Å². The van der Waals surface area contributed by atoms with Gasteiger partial charge in [-0.2, -0.15) is 0 Å². The van der Waals surface area contributed by atoms with Crippen LogP contribution >= 0.6 is 0 Å². The third kappa shape index (κ3) is 6.40. The Hall–Kier alpha value is -2.76. The number of carbonyl (C=O) groups excluding carboxylic acids is 1. The van der Waals surface area contributed by atoms with Crippen LogP contribution < -0.4 is 14.8 Å². The number of benzene rings is 2. The van der Waals surface area contributed by atoms with Gasteiger partial charge in [0.15, 0.2) is 0 Å². The summed E-state index contributed by atoms with van der Waals surface area (Å²) >= 11 is 0. The Kier molecular flexibility index (Phi) is 7.55. The zero-order valence-electron chi connectivity index (χ0n) is 18.8. The zero-order chi connectivity index (χ0) is 24.2. The van der Waals surface area contributed by atoms with Gasteiger partial charge in [0.25, 0.3) is 10.0 Å². The molecule has 2 aromatic rings. The van der Waals surface area contributed by atoms with E-state index < -0.39 is 26.0 Å². The maximum atomic E-state index is 12.7. The van der Waals surface area contributed by atoms with Crippen molar-refractivity contribution in [3.63, 3.8) is 0 Å². The molecule has 2 aromatic carbocycles. The number of aryl methyl sites for hydroxylation is 3. The summed E-state index contributed by atoms with van der Waals surface area (Å²) in [5, 5.41) is 2.61. The molecule has 1 amide bonds. The van der Waals surface area contributed by atoms with E-state index in [0.29, 0.717) is 35.6 Å². The summed E-state index contributed by atoms with van der Waals surface area (Å²) in [6, 6.07) is 9.44. The number of hydrogen-bond acceptors (Lipinski definition) is 6. The highest BCUT2D eigenvalue weighted by molar-refractivity contribution is 7.90. The van der Waals surface area contributed by atoms with Crippen LogP contribution in [0.25, 0.3) is 0 Å². The van der Waals surface area contributed by atoms with Crippen molar-refractivity contribution in [1.82, 2.24) is 9.44 Å². The molecule has 0 atom stereocenters. The summed E-state index contributed by atoms with van der Waals surface area (Å²) in [6.07, 6.45) is 1.27. The van der Waals surface area contributed by atoms with Crippen molar-refractivity contribution >= 4 is 37.5 Å². The first-order valence-electron chi connectivity index (χ1n) is 10.5. The van der Waals surface area contributed by atoms with Crippen LogP contribution in [0.1, 0.15) is 36.0 Å². The first-order valence-corrected chi connectivity index (χ1v) is 13.5. The van der Waals surface area contributed by atoms with Crippen molar-refractivity contribution in [2.75, 3.05) is 18.4 Å². The summed E-state index contributed by atoms with van der Waals surface area (Å²) < 4.78 is 55.4. The molecule has 9 nitrogen and oxygen atoms in total. The number of hydrogen-bond donors (Lipinski definition) is 3. The van der Waals surface area contributed by atoms with Gasteiger partial charge in [-0.05, 0) is 56.5 Å². The van der Waals surface area contributed by atoms with Crippen molar-refractivity contribution in [2.24, 2.45) is 4.99 Å². The van der Waals surface area contributed by atoms with E-state index in [1.807, 2.05) is 6.92 Å². The smallest absolute Gasteiger partial charge is 0.262 e. The molecule has 0 saturated carbocycles. The molecule has 0 bridgehead atoms. The number of amides is 1. The predicted molar refractivity (Wildman–Crippen MR) is 127 cm³/mol. The fourth-order valence-corrected chi connectivity index (χ4v) is 6.38. The van der Waals surface area contributed by atoms with Crippen LogP contribution in [0.5, 0.6) is 0 Å². The average molecular weight is 493 g/mol. The predicted octanol–water partition coefficient (Wildman–Crippen LogP) is 2.39. The molecule has 33 heavy (non-hydrogen) atoms. The SMILES string of the molecule is Cc1cc(C)c(S(=O)(=O)NCCC(=O)Nc2cccc(S(=O)(=O)NC3=NCCC3)c2)c(C)c1. The highest BCUT2D eigenvalue weighted by atomic mass is 32.2. The van der Waals surface area contributed by atoms with E-state index in [9.17, 15) is 21.6 Å². The number of aliphatic imine (C=N–C) groups is 1. The van der Waals surface area contributed by atoms with Gasteiger partial charge in [-0.25, -0.2) is 21.6 Å². The van der Waals surface area contributed by atoms with E-state index in [4.69, 9.17) is 0 Å². The number of sulfonamides is 2. The first kappa shape index (κ1) is 24.9. The second kappa shape index (κ2) is 10.0. The normalized spacial score (nSPS) is 14.1. The second-order valence-electron chi connectivity index (χ2n) is 7.99. The Bertz CT molecular complexity index is 1280. The molecule has 0 aliphatic carbocycles. The fourth-order valence-electron chi connectivity index (χ4n) is 3.76. The minimum atomic E-state index is -3.80. The topological polar surface area (TPSA) is 134 Å². The molecule has 0 aromatic heterocycles. The molecule has 1 aliphatic rings. The molecule has 3 rings (SSSR count). The summed E-state index contributed by atoms with van der Waals surface area (Å²) in [5.41, 5.74) is 2.54. The molecule has 0 fully saturated rings. The van der Waals surface area contributed by atoms with E-state index in [-0.39, 0.29) is 22.8 Å². The molecule has 1 aliphatic heterocycles. The second-order valence-corrected chi connectivity index (χ2v) is 11.4. The van der Waals surface area contributed by atoms with Crippen molar-refractivity contribution in [1.29, 1.82) is 0 Å². The number of carbonyl (C=O) groups is 1. The van der Waals surface area contributed by atoms with Crippen LogP contribution in [0.15, 0.2) is 51.2 Å². The van der Waals surface area contributed by atoms with Gasteiger partial charge in [-0.15, -0.1) is 0 Å². The lowest BCUT2D eigenvalue weighted by Crippen LogP contribution is -2.29. The van der Waals surface area contributed by atoms with Crippen LogP contribution in [-0.2, 0) is 24.8 Å². The average Bonchev–Trinajstić information content (AvgIpc) is 3.19. The van der Waals surface area contributed by atoms with Crippen molar-refractivity contribution < 1.29 is 21.6 Å². The molecule has 178 valence electrons. The third-order valence-corrected chi connectivity index (χ3v) is 8.22. The maximum absolute atomic E-state index is 12.7. The molecule has 11 heteroatoms. The van der Waals surface area contributed by atoms with Gasteiger partial charge in [0, 0.05) is 31.6 Å². The van der Waals surface area contributed by atoms with E-state index in [0.717, 1.165) is 12.0 Å². The molecule has 0 radical (unpaired) electrons. The molecule has 0 saturated heterocycles. The van der Waals surface area contributed by atoms with Gasteiger partial charge < -0.3 is 5.32 Å². The lowest BCUT2D eigenvalue weighted by molar-refractivity contribution is -0.116. The van der Waals surface area contributed by atoms with Gasteiger partial charge in [0.2, 0.25) is 15.9 Å². The maximum Gasteiger partial charge on any atom is 0.262 e. The molecular weight excluding hydrogens is 464 g/mol. The number of amidine groups is 1. The fraction of sp³-hybridized carbons (Fsp3) is 0.364. The summed E-state index contributed by atoms with van der Waals surface area (Å²) in [5.74, 6) is -0.0199. The van der Waals surface area contributed by atoms with Gasteiger partial charge in [-0.3, -0.25) is 14.5 Å². The quantitative estimate of drug-likeness (QED) is 0.520. The monoisotopic (exact) mass is 492 g/mol. The van der Waals surface area contributed by atoms with Gasteiger partial charge in [-0.1, -0.05) is 23.8 Å². The van der Waals surface area contributed by atoms with Gasteiger partial charge >= 0.3 is 0 Å². The highest BCUT2D eigenvalue weighted by Gasteiger charge is 2.21. The Morgan fingerprint density at radius 3 is 2.33 bits per heavy atom. The Morgan fingerprint density at radius 2 is 1.70 bits per heavy atom. The lowest BCUT2D eigenvalue weighted by atomic mass is 10.1. The molecule has 0 unspecified atom stereocenters. The highest BCUT2D eigenvalue weighted by Crippen LogP contribution is 2.21. The van der Waals surface area contributed by atoms with E-state index in [1.165, 1.54) is 18.2 Å². The van der Waals surface area contributed by atoms with E-state index in [1.54, 1.807) is 32.0 Å². The molecule has 0 spiro atoms. The van der Waals surface area contributed by atoms with E-state index in [2.05, 4.69) is 19.8 Å². The largest absolute Gasteiger partial charge is 0.326 e. The molecular formula is C22H28N4O5S2. The Labute approximate surface area is 194 Å². The summed E-state index contributed by atoms with van der Waals surface area (Å²) in [6.45, 7) is 5.86. The summed E-state index contributed by atoms with van der Waals surface area (Å²) in [4.78, 5) is 16.6. The van der Waals surface area contributed by atoms with Crippen LogP contribution in [0.3, 0.4) is 0 Å². The first-order chi connectivity index (χ1) is 15.5. The van der Waals surface area contributed by atoms with E-state index >= 15 is 0 Å². The number of rotatable bonds is 8. The Morgan fingerprint density at radius 1 is 1.00 bits per heavy atom. The van der Waals surface area contributed by atoms with Crippen molar-refractivity contribution in [2.45, 2.75) is 49.8 Å². The zero-order valence-corrected chi connectivity index (χ0v) is 20.4. The van der Waals surface area contributed by atoms with Crippen molar-refractivity contribution in [3.05, 3.63) is 53.1 Å². The van der Waals surface area contributed by atoms with Crippen LogP contribution in [0, 0.1) is 20.8 Å². The Balaban J connectivity index is 1.60. The number of nitrogens with one attached hydrogen (secondary N) is 3. The lowest BCUT2D eigenvalue weighted by Gasteiger charge is -2.13. The molecule has 1 heterocycles. The van der Waals surface area contributed by atoms with Gasteiger partial charge in [0.05, 0.1) is 9.79 Å². The summed E-state index contributed by atoms with van der Waals surface area (Å²) in [7, 11) is -7.58. The minimum Gasteiger partial charge on any atom is -0.326 e. The van der Waals surface area contributed by atoms with Crippen LogP contribution in [-0.4, -0.2) is 41.7 Å². The molecule has 3 N–H and O–H groups in total. The number of anilines is 1. The standard InChI is InChI=1S/C22H28N4O5S2/c1-15-12-16(2)22(17(3)13-15)33(30,31)24-11-9-21(27)25-18-6-4-7-19(14-18)32(28,29)26-20-8-5-10-23-20/h4,6-7,12-14,24H,5,8-11H2,1-3H3,(H,23,26)(H,25,27). The van der Waals surface area contributed by atoms with Crippen LogP contribution in [0.2, 0.25) is 0 Å². The third-order valence-electron chi connectivity index (χ3n) is 5.07. The van der Waals surface area contributed by atoms with Crippen molar-refractivity contribution in [3.8, 4) is 0 Å². The number of nitrogens with zero attached hydrogens (tertiary/aromatic N) is 1.